The third-order valence-electron chi connectivity index (χ3n) is 3.24. The highest BCUT2D eigenvalue weighted by atomic mass is 32.2. The molecule has 118 valence electrons. The molecule has 3 aromatic rings. The van der Waals surface area contributed by atoms with Crippen LogP contribution in [0.1, 0.15) is 15.2 Å². The van der Waals surface area contributed by atoms with Crippen molar-refractivity contribution in [1.29, 1.82) is 0 Å². The fraction of sp³-hybridized carbons (Fsp3) is 0.188. The molecule has 23 heavy (non-hydrogen) atoms. The van der Waals surface area contributed by atoms with Crippen LogP contribution in [-0.4, -0.2) is 28.6 Å². The number of aromatic amines is 1. The summed E-state index contributed by atoms with van der Waals surface area (Å²) >= 11 is 2.69. The fourth-order valence-corrected chi connectivity index (χ4v) is 3.81. The van der Waals surface area contributed by atoms with Gasteiger partial charge in [0, 0.05) is 10.4 Å². The number of methoxy groups -OCH3 is 1. The lowest BCUT2D eigenvalue weighted by Gasteiger charge is -2.04. The molecule has 0 spiro atoms. The Morgan fingerprint density at radius 1 is 1.39 bits per heavy atom. The number of rotatable bonds is 5. The number of ether oxygens (including phenoxy) is 1. The van der Waals surface area contributed by atoms with E-state index >= 15 is 0 Å². The molecule has 0 saturated carbocycles. The monoisotopic (exact) mass is 346 g/mol. The Bertz CT molecular complexity index is 930. The molecule has 3 rings (SSSR count). The first-order chi connectivity index (χ1) is 11.1. The quantitative estimate of drug-likeness (QED) is 0.436. The van der Waals surface area contributed by atoms with Crippen LogP contribution >= 0.6 is 23.1 Å². The highest BCUT2D eigenvalue weighted by Gasteiger charge is 2.11. The minimum absolute atomic E-state index is 0.0426. The summed E-state index contributed by atoms with van der Waals surface area (Å²) in [6.07, 6.45) is 0. The minimum atomic E-state index is -0.171. The second-order valence-corrected chi connectivity index (χ2v) is 7.09. The van der Waals surface area contributed by atoms with E-state index in [1.54, 1.807) is 31.4 Å². The summed E-state index contributed by atoms with van der Waals surface area (Å²) in [6.45, 7) is 1.94. The zero-order chi connectivity index (χ0) is 16.4. The van der Waals surface area contributed by atoms with E-state index in [9.17, 15) is 9.59 Å². The molecule has 0 unspecified atom stereocenters. The predicted molar refractivity (Wildman–Crippen MR) is 93.0 cm³/mol. The smallest absolute Gasteiger partial charge is 0.260 e. The van der Waals surface area contributed by atoms with Crippen LogP contribution in [0.15, 0.2) is 40.3 Å². The van der Waals surface area contributed by atoms with Crippen molar-refractivity contribution >= 4 is 39.1 Å². The molecule has 0 atom stereocenters. The lowest BCUT2D eigenvalue weighted by molar-refractivity contribution is 0.102. The van der Waals surface area contributed by atoms with Crippen molar-refractivity contribution in [2.75, 3.05) is 12.9 Å². The maximum atomic E-state index is 12.2. The second kappa shape index (κ2) is 6.55. The van der Waals surface area contributed by atoms with Crippen molar-refractivity contribution in [2.24, 2.45) is 0 Å². The van der Waals surface area contributed by atoms with Gasteiger partial charge in [0.05, 0.1) is 18.2 Å². The molecule has 5 nitrogen and oxygen atoms in total. The first-order valence-electron chi connectivity index (χ1n) is 6.87. The van der Waals surface area contributed by atoms with Crippen LogP contribution in [0.2, 0.25) is 0 Å². The minimum Gasteiger partial charge on any atom is -0.497 e. The van der Waals surface area contributed by atoms with Gasteiger partial charge in [-0.3, -0.25) is 9.59 Å². The number of nitrogens with one attached hydrogen (secondary N) is 1. The van der Waals surface area contributed by atoms with Crippen molar-refractivity contribution < 1.29 is 9.53 Å². The number of fused-ring (bicyclic) bond motifs is 1. The van der Waals surface area contributed by atoms with E-state index in [-0.39, 0.29) is 17.1 Å². The second-order valence-electron chi connectivity index (χ2n) is 4.89. The Morgan fingerprint density at radius 3 is 3.00 bits per heavy atom. The van der Waals surface area contributed by atoms with Crippen molar-refractivity contribution in [3.05, 3.63) is 51.1 Å². The maximum absolute atomic E-state index is 12.2. The van der Waals surface area contributed by atoms with Crippen LogP contribution < -0.4 is 10.3 Å². The number of nitrogens with zero attached hydrogens (tertiary/aromatic N) is 1. The molecular formula is C16H14N2O3S2. The van der Waals surface area contributed by atoms with Crippen molar-refractivity contribution in [1.82, 2.24) is 9.97 Å². The zero-order valence-electron chi connectivity index (χ0n) is 12.6. The van der Waals surface area contributed by atoms with Gasteiger partial charge < -0.3 is 9.72 Å². The Kier molecular flexibility index (Phi) is 4.49. The number of H-pyrrole nitrogens is 1. The molecule has 0 aliphatic rings. The summed E-state index contributed by atoms with van der Waals surface area (Å²) in [6, 6.07) is 8.83. The summed E-state index contributed by atoms with van der Waals surface area (Å²) in [5, 5.41) is 1.05. The lowest BCUT2D eigenvalue weighted by atomic mass is 10.1. The highest BCUT2D eigenvalue weighted by Crippen LogP contribution is 2.23. The van der Waals surface area contributed by atoms with Crippen LogP contribution in [-0.2, 0) is 0 Å². The van der Waals surface area contributed by atoms with Gasteiger partial charge in [-0.2, -0.15) is 0 Å². The van der Waals surface area contributed by atoms with E-state index in [0.29, 0.717) is 26.7 Å². The van der Waals surface area contributed by atoms with E-state index in [1.165, 1.54) is 23.1 Å². The fourth-order valence-electron chi connectivity index (χ4n) is 2.11. The standard InChI is InChI=1S/C16H14N2O3S2/c1-9-6-12-14(20)17-16(18-15(12)23-9)22-8-13(19)10-4-3-5-11(7-10)21-2/h3-7H,8H2,1-2H3,(H,17,18,20). The van der Waals surface area contributed by atoms with E-state index < -0.39 is 0 Å². The molecule has 0 saturated heterocycles. The molecule has 0 fully saturated rings. The van der Waals surface area contributed by atoms with Crippen molar-refractivity contribution in [2.45, 2.75) is 12.1 Å². The molecule has 2 aromatic heterocycles. The Hall–Kier alpha value is -2.12. The molecule has 0 radical (unpaired) electrons. The number of aromatic nitrogens is 2. The van der Waals surface area contributed by atoms with Crippen LogP contribution in [0, 0.1) is 6.92 Å². The zero-order valence-corrected chi connectivity index (χ0v) is 14.2. The normalized spacial score (nSPS) is 10.9. The third kappa shape index (κ3) is 3.46. The molecule has 1 N–H and O–H groups in total. The number of hydrogen-bond acceptors (Lipinski definition) is 6. The van der Waals surface area contributed by atoms with E-state index in [0.717, 1.165) is 4.88 Å². The number of carbonyl (C=O) groups excluding carboxylic acids is 1. The average molecular weight is 346 g/mol. The SMILES string of the molecule is COc1cccc(C(=O)CSc2nc3sc(C)cc3c(=O)[nH]2)c1. The topological polar surface area (TPSA) is 72.0 Å². The van der Waals surface area contributed by atoms with Gasteiger partial charge >= 0.3 is 0 Å². The Morgan fingerprint density at radius 2 is 2.22 bits per heavy atom. The number of aryl methyl sites for hydroxylation is 1. The molecule has 0 bridgehead atoms. The number of carbonyl (C=O) groups is 1. The summed E-state index contributed by atoms with van der Waals surface area (Å²) in [4.78, 5) is 33.1. The molecule has 0 aliphatic carbocycles. The van der Waals surface area contributed by atoms with Crippen LogP contribution in [0.4, 0.5) is 0 Å². The van der Waals surface area contributed by atoms with Crippen molar-refractivity contribution in [3.63, 3.8) is 0 Å². The first kappa shape index (κ1) is 15.8. The number of benzene rings is 1. The van der Waals surface area contributed by atoms with Gasteiger partial charge in [-0.1, -0.05) is 23.9 Å². The molecular weight excluding hydrogens is 332 g/mol. The van der Waals surface area contributed by atoms with Crippen LogP contribution in [0.25, 0.3) is 10.2 Å². The van der Waals surface area contributed by atoms with Gasteiger partial charge in [0.25, 0.3) is 5.56 Å². The summed E-state index contributed by atoms with van der Waals surface area (Å²) in [7, 11) is 1.56. The average Bonchev–Trinajstić information content (AvgIpc) is 2.93. The van der Waals surface area contributed by atoms with Gasteiger partial charge in [0.1, 0.15) is 10.6 Å². The molecule has 0 amide bonds. The Labute approximate surface area is 140 Å². The highest BCUT2D eigenvalue weighted by molar-refractivity contribution is 7.99. The number of Topliss-reactive ketones (excluding diaryl/α,β-unsaturated/α-hetero) is 1. The van der Waals surface area contributed by atoms with Gasteiger partial charge in [-0.15, -0.1) is 11.3 Å². The van der Waals surface area contributed by atoms with E-state index in [2.05, 4.69) is 9.97 Å². The number of thiophene rings is 1. The molecule has 2 heterocycles. The number of ketones is 1. The molecule has 7 heteroatoms. The van der Waals surface area contributed by atoms with Crippen LogP contribution in [0.5, 0.6) is 5.75 Å². The van der Waals surface area contributed by atoms with E-state index in [1.807, 2.05) is 13.0 Å². The lowest BCUT2D eigenvalue weighted by Crippen LogP contribution is -2.09. The number of thioether (sulfide) groups is 1. The largest absolute Gasteiger partial charge is 0.497 e. The molecule has 1 aromatic carbocycles. The predicted octanol–water partition coefficient (Wildman–Crippen LogP) is 3.28. The maximum Gasteiger partial charge on any atom is 0.260 e. The summed E-state index contributed by atoms with van der Waals surface area (Å²) in [5.41, 5.74) is 0.405. The van der Waals surface area contributed by atoms with E-state index in [4.69, 9.17) is 4.74 Å². The Balaban J connectivity index is 1.77. The van der Waals surface area contributed by atoms with Gasteiger partial charge in [-0.25, -0.2) is 4.98 Å². The van der Waals surface area contributed by atoms with Crippen molar-refractivity contribution in [3.8, 4) is 5.75 Å². The van der Waals surface area contributed by atoms with Crippen LogP contribution in [0.3, 0.4) is 0 Å². The first-order valence-corrected chi connectivity index (χ1v) is 8.67. The van der Waals surface area contributed by atoms with Gasteiger partial charge in [-0.05, 0) is 25.1 Å². The molecule has 0 aliphatic heterocycles. The third-order valence-corrected chi connectivity index (χ3v) is 5.05. The number of hydrogen-bond donors (Lipinski definition) is 1. The van der Waals surface area contributed by atoms with Gasteiger partial charge in [0.15, 0.2) is 10.9 Å². The van der Waals surface area contributed by atoms with Gasteiger partial charge in [0.2, 0.25) is 0 Å². The summed E-state index contributed by atoms with van der Waals surface area (Å²) < 4.78 is 5.12. The summed E-state index contributed by atoms with van der Waals surface area (Å²) in [5.74, 6) is 0.799.